The smallest absolute Gasteiger partial charge is 0.255 e. The molecule has 9 heteroatoms. The third-order valence-corrected chi connectivity index (χ3v) is 5.20. The highest BCUT2D eigenvalue weighted by atomic mass is 16.2. The van der Waals surface area contributed by atoms with E-state index in [1.54, 1.807) is 34.6 Å². The van der Waals surface area contributed by atoms with Crippen molar-refractivity contribution in [2.75, 3.05) is 62.2 Å². The number of pyridine rings is 1. The minimum absolute atomic E-state index is 0.0313. The van der Waals surface area contributed by atoms with Gasteiger partial charge in [0.2, 0.25) is 12.4 Å². The van der Waals surface area contributed by atoms with Gasteiger partial charge in [0.1, 0.15) is 0 Å². The molecule has 0 atom stereocenters. The van der Waals surface area contributed by atoms with E-state index in [1.165, 1.54) is 0 Å². The maximum atomic E-state index is 12.8. The third-order valence-electron chi connectivity index (χ3n) is 5.20. The minimum Gasteiger partial charge on any atom is -0.367 e. The van der Waals surface area contributed by atoms with Crippen molar-refractivity contribution in [3.05, 3.63) is 42.5 Å². The van der Waals surface area contributed by atoms with Crippen LogP contribution in [-0.4, -0.2) is 89.4 Å². The zero-order valence-corrected chi connectivity index (χ0v) is 15.6. The average molecular weight is 381 g/mol. The summed E-state index contributed by atoms with van der Waals surface area (Å²) >= 11 is 0. The van der Waals surface area contributed by atoms with E-state index in [9.17, 15) is 9.59 Å². The van der Waals surface area contributed by atoms with Crippen molar-refractivity contribution in [1.29, 1.82) is 0 Å². The summed E-state index contributed by atoms with van der Waals surface area (Å²) in [5, 5.41) is 0. The molecule has 0 saturated carbocycles. The van der Waals surface area contributed by atoms with Gasteiger partial charge in [-0.3, -0.25) is 14.6 Å². The standard InChI is InChI=1S/C19H23N7O2/c27-15-23-4-6-25(7-5-23)18(28)16-12-17(14-20-13-16)24-8-10-26(11-9-24)19-21-2-1-3-22-19/h1-3,12-15H,4-11H2. The molecular formula is C19H23N7O2. The van der Waals surface area contributed by atoms with Crippen molar-refractivity contribution in [2.45, 2.75) is 0 Å². The summed E-state index contributed by atoms with van der Waals surface area (Å²) in [6, 6.07) is 3.73. The number of carbonyl (C=O) groups excluding carboxylic acids is 2. The summed E-state index contributed by atoms with van der Waals surface area (Å²) in [5.41, 5.74) is 1.54. The van der Waals surface area contributed by atoms with Crippen LogP contribution in [0.1, 0.15) is 10.4 Å². The molecule has 2 aliphatic heterocycles. The second-order valence-electron chi connectivity index (χ2n) is 6.89. The Kier molecular flexibility index (Phi) is 5.31. The van der Waals surface area contributed by atoms with Gasteiger partial charge in [0.05, 0.1) is 17.4 Å². The fourth-order valence-electron chi connectivity index (χ4n) is 3.55. The van der Waals surface area contributed by atoms with Gasteiger partial charge in [0.15, 0.2) is 0 Å². The van der Waals surface area contributed by atoms with Gasteiger partial charge in [-0.05, 0) is 12.1 Å². The lowest BCUT2D eigenvalue weighted by Gasteiger charge is -2.36. The predicted molar refractivity (Wildman–Crippen MR) is 104 cm³/mol. The molecule has 146 valence electrons. The van der Waals surface area contributed by atoms with Crippen molar-refractivity contribution in [1.82, 2.24) is 24.8 Å². The van der Waals surface area contributed by atoms with Crippen LogP contribution < -0.4 is 9.80 Å². The minimum atomic E-state index is -0.0313. The van der Waals surface area contributed by atoms with Crippen LogP contribution in [0.15, 0.2) is 36.9 Å². The summed E-state index contributed by atoms with van der Waals surface area (Å²) in [7, 11) is 0. The van der Waals surface area contributed by atoms with Crippen molar-refractivity contribution in [2.24, 2.45) is 0 Å². The molecule has 2 fully saturated rings. The van der Waals surface area contributed by atoms with E-state index in [4.69, 9.17) is 0 Å². The molecule has 0 bridgehead atoms. The number of hydrogen-bond acceptors (Lipinski definition) is 7. The van der Waals surface area contributed by atoms with Crippen LogP contribution in [0.2, 0.25) is 0 Å². The maximum absolute atomic E-state index is 12.8. The van der Waals surface area contributed by atoms with Gasteiger partial charge in [-0.15, -0.1) is 0 Å². The Bertz CT molecular complexity index is 816. The Labute approximate surface area is 163 Å². The van der Waals surface area contributed by atoms with Crippen molar-refractivity contribution in [3.8, 4) is 0 Å². The van der Waals surface area contributed by atoms with Crippen LogP contribution in [0, 0.1) is 0 Å². The SMILES string of the molecule is O=CN1CCN(C(=O)c2cncc(N3CCN(c4ncccn4)CC3)c2)CC1. The second kappa shape index (κ2) is 8.20. The first kappa shape index (κ1) is 18.1. The van der Waals surface area contributed by atoms with Crippen LogP contribution in [-0.2, 0) is 4.79 Å². The lowest BCUT2D eigenvalue weighted by Crippen LogP contribution is -2.48. The summed E-state index contributed by atoms with van der Waals surface area (Å²) in [4.78, 5) is 44.4. The number of piperazine rings is 2. The fourth-order valence-corrected chi connectivity index (χ4v) is 3.55. The van der Waals surface area contributed by atoms with E-state index in [1.807, 2.05) is 12.1 Å². The molecule has 0 aliphatic carbocycles. The molecule has 0 N–H and O–H groups in total. The first-order valence-electron chi connectivity index (χ1n) is 9.45. The van der Waals surface area contributed by atoms with Crippen molar-refractivity contribution in [3.63, 3.8) is 0 Å². The lowest BCUT2D eigenvalue weighted by molar-refractivity contribution is -0.119. The van der Waals surface area contributed by atoms with Gasteiger partial charge in [0.25, 0.3) is 5.91 Å². The van der Waals surface area contributed by atoms with Gasteiger partial charge in [0, 0.05) is 70.9 Å². The summed E-state index contributed by atoms with van der Waals surface area (Å²) in [6.45, 7) is 5.52. The molecule has 4 heterocycles. The first-order valence-corrected chi connectivity index (χ1v) is 9.45. The van der Waals surface area contributed by atoms with E-state index in [-0.39, 0.29) is 5.91 Å². The molecule has 0 aromatic carbocycles. The number of amides is 2. The second-order valence-corrected chi connectivity index (χ2v) is 6.89. The molecule has 2 saturated heterocycles. The topological polar surface area (TPSA) is 85.8 Å². The van der Waals surface area contributed by atoms with Crippen LogP contribution in [0.5, 0.6) is 0 Å². The number of hydrogen-bond donors (Lipinski definition) is 0. The molecule has 0 radical (unpaired) electrons. The van der Waals surface area contributed by atoms with E-state index in [0.29, 0.717) is 31.7 Å². The zero-order chi connectivity index (χ0) is 19.3. The zero-order valence-electron chi connectivity index (χ0n) is 15.6. The van der Waals surface area contributed by atoms with Crippen molar-refractivity contribution < 1.29 is 9.59 Å². The number of aromatic nitrogens is 3. The summed E-state index contributed by atoms with van der Waals surface area (Å²) < 4.78 is 0. The van der Waals surface area contributed by atoms with Crippen molar-refractivity contribution >= 4 is 24.0 Å². The van der Waals surface area contributed by atoms with Gasteiger partial charge in [-0.1, -0.05) is 0 Å². The number of rotatable bonds is 4. The Balaban J connectivity index is 1.39. The van der Waals surface area contributed by atoms with E-state index < -0.39 is 0 Å². The monoisotopic (exact) mass is 381 g/mol. The highest BCUT2D eigenvalue weighted by molar-refractivity contribution is 5.95. The number of carbonyl (C=O) groups is 2. The highest BCUT2D eigenvalue weighted by Gasteiger charge is 2.23. The van der Waals surface area contributed by atoms with E-state index in [2.05, 4.69) is 24.8 Å². The molecule has 28 heavy (non-hydrogen) atoms. The largest absolute Gasteiger partial charge is 0.367 e. The van der Waals surface area contributed by atoms with Gasteiger partial charge >= 0.3 is 0 Å². The first-order chi connectivity index (χ1) is 13.7. The Morgan fingerprint density at radius 2 is 1.57 bits per heavy atom. The molecule has 9 nitrogen and oxygen atoms in total. The molecule has 2 aliphatic rings. The fraction of sp³-hybridized carbons (Fsp3) is 0.421. The maximum Gasteiger partial charge on any atom is 0.255 e. The van der Waals surface area contributed by atoms with E-state index in [0.717, 1.165) is 44.2 Å². The van der Waals surface area contributed by atoms with Crippen LogP contribution >= 0.6 is 0 Å². The summed E-state index contributed by atoms with van der Waals surface area (Å²) in [6.07, 6.45) is 7.76. The van der Waals surface area contributed by atoms with Crippen LogP contribution in [0.25, 0.3) is 0 Å². The molecule has 4 rings (SSSR count). The van der Waals surface area contributed by atoms with Crippen LogP contribution in [0.3, 0.4) is 0 Å². The quantitative estimate of drug-likeness (QED) is 0.695. The molecule has 0 unspecified atom stereocenters. The Morgan fingerprint density at radius 1 is 0.893 bits per heavy atom. The van der Waals surface area contributed by atoms with E-state index >= 15 is 0 Å². The number of nitrogens with zero attached hydrogens (tertiary/aromatic N) is 7. The average Bonchev–Trinajstić information content (AvgIpc) is 2.79. The molecule has 2 aromatic heterocycles. The van der Waals surface area contributed by atoms with Gasteiger partial charge in [-0.2, -0.15) is 0 Å². The third kappa shape index (κ3) is 3.88. The Morgan fingerprint density at radius 3 is 2.25 bits per heavy atom. The normalized spacial score (nSPS) is 17.6. The lowest BCUT2D eigenvalue weighted by atomic mass is 10.2. The Hall–Kier alpha value is -3.23. The molecule has 0 spiro atoms. The van der Waals surface area contributed by atoms with Crippen LogP contribution in [0.4, 0.5) is 11.6 Å². The van der Waals surface area contributed by atoms with Gasteiger partial charge < -0.3 is 19.6 Å². The molecule has 2 amide bonds. The summed E-state index contributed by atoms with van der Waals surface area (Å²) in [5.74, 6) is 0.717. The predicted octanol–water partition coefficient (Wildman–Crippen LogP) is 0.112. The number of anilines is 2. The molecular weight excluding hydrogens is 358 g/mol. The molecule has 2 aromatic rings. The highest BCUT2D eigenvalue weighted by Crippen LogP contribution is 2.19. The van der Waals surface area contributed by atoms with Gasteiger partial charge in [-0.25, -0.2) is 9.97 Å².